The normalized spacial score (nSPS) is 11.6. The number of rotatable bonds is 3. The Morgan fingerprint density at radius 1 is 2.00 bits per heavy atom. The van der Waals surface area contributed by atoms with Gasteiger partial charge >= 0.3 is 0 Å². The zero-order valence-electron chi connectivity index (χ0n) is 4.06. The van der Waals surface area contributed by atoms with E-state index in [0.717, 1.165) is 0 Å². The van der Waals surface area contributed by atoms with Gasteiger partial charge in [-0.2, -0.15) is 0 Å². The third-order valence-corrected chi connectivity index (χ3v) is 0.489. The van der Waals surface area contributed by atoms with Crippen LogP contribution in [0.2, 0.25) is 0 Å². The van der Waals surface area contributed by atoms with Crippen molar-refractivity contribution in [3.05, 3.63) is 10.4 Å². The van der Waals surface area contributed by atoms with Gasteiger partial charge in [0, 0.05) is 4.91 Å². The van der Waals surface area contributed by atoms with Gasteiger partial charge in [0.05, 0.1) is 6.54 Å². The summed E-state index contributed by atoms with van der Waals surface area (Å²) in [4.78, 5) is 11.9. The Bertz CT molecular complexity index is 118. The van der Waals surface area contributed by atoms with E-state index in [1.165, 1.54) is 0 Å². The highest BCUT2D eigenvalue weighted by atomic mass is 16.3. The molecule has 1 N–H and O–H groups in total. The van der Waals surface area contributed by atoms with Crippen LogP contribution in [-0.2, 0) is 4.79 Å². The largest absolute Gasteiger partial charge is 0.386 e. The number of aliphatic hydroxyl groups is 1. The van der Waals surface area contributed by atoms with Crippen molar-refractivity contribution in [3.63, 3.8) is 0 Å². The first-order valence-corrected chi connectivity index (χ1v) is 1.95. The minimum atomic E-state index is -1.15. The summed E-state index contributed by atoms with van der Waals surface area (Å²) in [7, 11) is 0. The van der Waals surface area contributed by atoms with Gasteiger partial charge in [0.25, 0.3) is 0 Å². The Labute approximate surface area is 45.6 Å². The summed E-state index contributed by atoms with van der Waals surface area (Å²) in [6.45, 7) is -0.181. The molecule has 0 rings (SSSR count). The van der Waals surface area contributed by atoms with E-state index in [1.54, 1.807) is 0 Å². The minimum absolute atomic E-state index is 0.181. The smallest absolute Gasteiger partial charge is 0.148 e. The number of carbonyl (C=O) groups is 1. The number of aliphatic hydroxyl groups excluding tert-OH is 1. The molecule has 0 amide bonds. The molecule has 5 heteroatoms. The summed E-state index contributed by atoms with van der Waals surface area (Å²) in [5, 5.41) is 11.3. The first kappa shape index (κ1) is 6.94. The fourth-order valence-corrected chi connectivity index (χ4v) is 0.163. The van der Waals surface area contributed by atoms with Gasteiger partial charge in [0.2, 0.25) is 0 Å². The van der Waals surface area contributed by atoms with Gasteiger partial charge in [0.1, 0.15) is 12.4 Å². The second-order valence-corrected chi connectivity index (χ2v) is 1.12. The highest BCUT2D eigenvalue weighted by Gasteiger charge is 1.95. The number of nitrogens with zero attached hydrogens (tertiary/aromatic N) is 3. The van der Waals surface area contributed by atoms with Crippen LogP contribution in [0.1, 0.15) is 0 Å². The second-order valence-electron chi connectivity index (χ2n) is 1.12. The molecule has 0 spiro atoms. The van der Waals surface area contributed by atoms with Crippen LogP contribution >= 0.6 is 0 Å². The van der Waals surface area contributed by atoms with Gasteiger partial charge in [0.15, 0.2) is 0 Å². The van der Waals surface area contributed by atoms with Gasteiger partial charge in [-0.05, 0) is 5.53 Å². The van der Waals surface area contributed by atoms with Crippen LogP contribution in [0.15, 0.2) is 5.11 Å². The third-order valence-electron chi connectivity index (χ3n) is 0.489. The number of hydrogen-bond donors (Lipinski definition) is 1. The molecule has 0 aromatic rings. The van der Waals surface area contributed by atoms with Gasteiger partial charge in [-0.25, -0.2) is 0 Å². The predicted molar refractivity (Wildman–Crippen MR) is 26.1 cm³/mol. The van der Waals surface area contributed by atoms with Crippen molar-refractivity contribution in [2.45, 2.75) is 6.10 Å². The number of hydrogen-bond acceptors (Lipinski definition) is 3. The second kappa shape index (κ2) is 4.11. The zero-order chi connectivity index (χ0) is 6.41. The Morgan fingerprint density at radius 3 is 3.00 bits per heavy atom. The minimum Gasteiger partial charge on any atom is -0.386 e. The number of aldehydes is 1. The van der Waals surface area contributed by atoms with E-state index in [2.05, 4.69) is 10.0 Å². The topological polar surface area (TPSA) is 86.1 Å². The molecule has 8 heavy (non-hydrogen) atoms. The molecule has 0 saturated heterocycles. The lowest BCUT2D eigenvalue weighted by atomic mass is 10.4. The number of carbonyl (C=O) groups excluding carboxylic acids is 1. The van der Waals surface area contributed by atoms with E-state index in [9.17, 15) is 4.79 Å². The molecule has 0 aliphatic carbocycles. The van der Waals surface area contributed by atoms with Gasteiger partial charge in [-0.3, -0.25) is 0 Å². The summed E-state index contributed by atoms with van der Waals surface area (Å²) in [6.07, 6.45) is -0.833. The lowest BCUT2D eigenvalue weighted by molar-refractivity contribution is -0.114. The van der Waals surface area contributed by atoms with Crippen LogP contribution in [-0.4, -0.2) is 24.0 Å². The highest BCUT2D eigenvalue weighted by molar-refractivity contribution is 5.55. The molecule has 0 saturated carbocycles. The average Bonchev–Trinajstić information content (AvgIpc) is 1.83. The third kappa shape index (κ3) is 3.14. The van der Waals surface area contributed by atoms with Gasteiger partial charge in [-0.1, -0.05) is 5.11 Å². The van der Waals surface area contributed by atoms with Crippen LogP contribution < -0.4 is 0 Å². The van der Waals surface area contributed by atoms with E-state index in [1.807, 2.05) is 0 Å². The first-order chi connectivity index (χ1) is 3.81. The summed E-state index contributed by atoms with van der Waals surface area (Å²) < 4.78 is 0. The van der Waals surface area contributed by atoms with Crippen molar-refractivity contribution in [1.82, 2.24) is 0 Å². The summed E-state index contributed by atoms with van der Waals surface area (Å²) in [5.74, 6) is 0. The number of azide groups is 1. The predicted octanol–water partition coefficient (Wildman–Crippen LogP) is -0.144. The molecular formula is C3H5N3O2. The lowest BCUT2D eigenvalue weighted by Crippen LogP contribution is -2.10. The van der Waals surface area contributed by atoms with Gasteiger partial charge in [-0.15, -0.1) is 0 Å². The molecule has 1 atom stereocenters. The first-order valence-electron chi connectivity index (χ1n) is 1.95. The van der Waals surface area contributed by atoms with Crippen molar-refractivity contribution < 1.29 is 9.90 Å². The Morgan fingerprint density at radius 2 is 2.62 bits per heavy atom. The van der Waals surface area contributed by atoms with E-state index < -0.39 is 6.10 Å². The van der Waals surface area contributed by atoms with E-state index in [4.69, 9.17) is 10.6 Å². The molecular weight excluding hydrogens is 110 g/mol. The molecule has 0 unspecified atom stereocenters. The Kier molecular flexibility index (Phi) is 3.56. The summed E-state index contributed by atoms with van der Waals surface area (Å²) in [5.41, 5.74) is 7.64. The fourth-order valence-electron chi connectivity index (χ4n) is 0.163. The van der Waals surface area contributed by atoms with Crippen molar-refractivity contribution in [2.75, 3.05) is 6.54 Å². The maximum atomic E-state index is 9.58. The molecule has 0 aromatic heterocycles. The van der Waals surface area contributed by atoms with Crippen LogP contribution in [0.4, 0.5) is 0 Å². The Hall–Kier alpha value is -1.06. The van der Waals surface area contributed by atoms with Crippen molar-refractivity contribution >= 4 is 6.29 Å². The van der Waals surface area contributed by atoms with Crippen LogP contribution in [0.25, 0.3) is 10.4 Å². The van der Waals surface area contributed by atoms with Gasteiger partial charge < -0.3 is 9.90 Å². The molecule has 0 aliphatic heterocycles. The van der Waals surface area contributed by atoms with E-state index >= 15 is 0 Å². The van der Waals surface area contributed by atoms with Crippen LogP contribution in [0.5, 0.6) is 0 Å². The molecule has 44 valence electrons. The monoisotopic (exact) mass is 115 g/mol. The zero-order valence-corrected chi connectivity index (χ0v) is 4.06. The molecule has 0 aromatic carbocycles. The van der Waals surface area contributed by atoms with Crippen LogP contribution in [0.3, 0.4) is 0 Å². The SMILES string of the molecule is [N-]=[N+]=NC[C@H](O)C=O. The molecule has 0 bridgehead atoms. The molecule has 5 nitrogen and oxygen atoms in total. The van der Waals surface area contributed by atoms with Crippen LogP contribution in [0, 0.1) is 0 Å². The molecule has 0 fully saturated rings. The molecule has 0 radical (unpaired) electrons. The molecule has 0 aliphatic rings. The van der Waals surface area contributed by atoms with E-state index in [-0.39, 0.29) is 6.54 Å². The average molecular weight is 115 g/mol. The maximum Gasteiger partial charge on any atom is 0.148 e. The standard InChI is InChI=1S/C3H5N3O2/c4-6-5-1-3(8)2-7/h2-3,8H,1H2/t3-/m0/s1. The maximum absolute atomic E-state index is 9.58. The quantitative estimate of drug-likeness (QED) is 0.240. The fraction of sp³-hybridized carbons (Fsp3) is 0.667. The van der Waals surface area contributed by atoms with Crippen molar-refractivity contribution in [3.8, 4) is 0 Å². The molecule has 0 heterocycles. The van der Waals surface area contributed by atoms with Crippen molar-refractivity contribution in [1.29, 1.82) is 0 Å². The Balaban J connectivity index is 3.38. The lowest BCUT2D eigenvalue weighted by Gasteiger charge is -1.90. The van der Waals surface area contributed by atoms with E-state index in [0.29, 0.717) is 6.29 Å². The summed E-state index contributed by atoms with van der Waals surface area (Å²) in [6, 6.07) is 0. The summed E-state index contributed by atoms with van der Waals surface area (Å²) >= 11 is 0. The highest BCUT2D eigenvalue weighted by Crippen LogP contribution is 1.77. The van der Waals surface area contributed by atoms with Crippen molar-refractivity contribution in [2.24, 2.45) is 5.11 Å².